The summed E-state index contributed by atoms with van der Waals surface area (Å²) >= 11 is 0. The highest BCUT2D eigenvalue weighted by Crippen LogP contribution is 2.10. The topological polar surface area (TPSA) is 97.5 Å². The van der Waals surface area contributed by atoms with Crippen LogP contribution >= 0.6 is 0 Å². The van der Waals surface area contributed by atoms with Crippen molar-refractivity contribution in [2.45, 2.75) is 26.1 Å². The lowest BCUT2D eigenvalue weighted by Gasteiger charge is -2.23. The van der Waals surface area contributed by atoms with Crippen LogP contribution in [0.15, 0.2) is 30.3 Å². The summed E-state index contributed by atoms with van der Waals surface area (Å²) in [7, 11) is 5.47. The molecular weight excluding hydrogens is 320 g/mol. The maximum Gasteiger partial charge on any atom is 0.323 e. The number of anilines is 2. The van der Waals surface area contributed by atoms with E-state index in [1.807, 2.05) is 42.3 Å². The van der Waals surface area contributed by atoms with Crippen LogP contribution in [0.2, 0.25) is 0 Å². The van der Waals surface area contributed by atoms with E-state index >= 15 is 0 Å². The number of nitrogen functional groups attached to an aromatic ring is 1. The second kappa shape index (κ2) is 8.39. The maximum absolute atomic E-state index is 12.3. The smallest absolute Gasteiger partial charge is 0.323 e. The van der Waals surface area contributed by atoms with E-state index in [0.29, 0.717) is 18.3 Å². The van der Waals surface area contributed by atoms with E-state index in [1.165, 1.54) is 0 Å². The molecule has 0 radical (unpaired) electrons. The largest absolute Gasteiger partial charge is 0.456 e. The summed E-state index contributed by atoms with van der Waals surface area (Å²) < 4.78 is 5.33. The number of hydrogen-bond acceptors (Lipinski definition) is 8. The predicted octanol–water partition coefficient (Wildman–Crippen LogP) is 1.08. The third-order valence-electron chi connectivity index (χ3n) is 3.71. The van der Waals surface area contributed by atoms with Crippen molar-refractivity contribution in [3.05, 3.63) is 41.7 Å². The van der Waals surface area contributed by atoms with Crippen LogP contribution in [0.3, 0.4) is 0 Å². The quantitative estimate of drug-likeness (QED) is 0.745. The number of nitrogens with zero attached hydrogens (tertiary/aromatic N) is 5. The average Bonchev–Trinajstić information content (AvgIpc) is 2.59. The minimum absolute atomic E-state index is 0.0457. The third-order valence-corrected chi connectivity index (χ3v) is 3.71. The second-order valence-electron chi connectivity index (χ2n) is 5.99. The van der Waals surface area contributed by atoms with Crippen LogP contribution in [-0.4, -0.2) is 53.0 Å². The summed E-state index contributed by atoms with van der Waals surface area (Å²) in [4.78, 5) is 28.1. The zero-order valence-electron chi connectivity index (χ0n) is 15.0. The molecule has 0 saturated carbocycles. The Labute approximate surface area is 147 Å². The molecule has 1 heterocycles. The molecule has 1 aromatic carbocycles. The zero-order valence-corrected chi connectivity index (χ0v) is 15.0. The van der Waals surface area contributed by atoms with E-state index in [-0.39, 0.29) is 18.5 Å². The molecule has 0 aliphatic rings. The molecule has 0 saturated heterocycles. The van der Waals surface area contributed by atoms with Gasteiger partial charge in [-0.25, -0.2) is 0 Å². The van der Waals surface area contributed by atoms with Gasteiger partial charge in [-0.1, -0.05) is 30.3 Å². The van der Waals surface area contributed by atoms with Crippen molar-refractivity contribution in [1.29, 1.82) is 0 Å². The number of nitrogens with two attached hydrogens (primary N) is 1. The Bertz CT molecular complexity index is 708. The molecule has 0 aliphatic carbocycles. The highest BCUT2D eigenvalue weighted by atomic mass is 16.5. The van der Waals surface area contributed by atoms with Crippen LogP contribution in [0.5, 0.6) is 0 Å². The summed E-state index contributed by atoms with van der Waals surface area (Å²) in [6.07, 6.45) is 0. The molecule has 8 nitrogen and oxygen atoms in total. The fourth-order valence-corrected chi connectivity index (χ4v) is 2.13. The summed E-state index contributed by atoms with van der Waals surface area (Å²) in [5, 5.41) is 0. The van der Waals surface area contributed by atoms with Gasteiger partial charge in [0, 0.05) is 20.6 Å². The van der Waals surface area contributed by atoms with Gasteiger partial charge < -0.3 is 15.4 Å². The number of carbonyl (C=O) groups excluding carboxylic acids is 1. The fourth-order valence-electron chi connectivity index (χ4n) is 2.13. The maximum atomic E-state index is 12.3. The van der Waals surface area contributed by atoms with E-state index < -0.39 is 6.04 Å². The van der Waals surface area contributed by atoms with Crippen molar-refractivity contribution >= 4 is 17.9 Å². The Balaban J connectivity index is 1.93. The van der Waals surface area contributed by atoms with E-state index in [2.05, 4.69) is 15.0 Å². The highest BCUT2D eigenvalue weighted by molar-refractivity contribution is 5.75. The Morgan fingerprint density at radius 2 is 1.84 bits per heavy atom. The Hall–Kier alpha value is -2.74. The monoisotopic (exact) mass is 344 g/mol. The van der Waals surface area contributed by atoms with Gasteiger partial charge in [0.2, 0.25) is 11.9 Å². The number of hydrogen-bond donors (Lipinski definition) is 1. The van der Waals surface area contributed by atoms with Gasteiger partial charge >= 0.3 is 5.97 Å². The van der Waals surface area contributed by atoms with Gasteiger partial charge in [0.05, 0.1) is 0 Å². The Morgan fingerprint density at radius 3 is 2.48 bits per heavy atom. The SMILES string of the molecule is C[C@H](C(=O)OCc1nc(N)nc(N(C)C)n1)N(C)Cc1ccccc1. The second-order valence-corrected chi connectivity index (χ2v) is 5.99. The summed E-state index contributed by atoms with van der Waals surface area (Å²) in [6, 6.07) is 9.55. The van der Waals surface area contributed by atoms with Crippen molar-refractivity contribution in [2.75, 3.05) is 31.8 Å². The number of carbonyl (C=O) groups is 1. The standard InChI is InChI=1S/C17H24N6O2/c1-12(23(4)10-13-8-6-5-7-9-13)15(24)25-11-14-19-16(18)21-17(20-14)22(2)3/h5-9,12H,10-11H2,1-4H3,(H2,18,19,20,21)/t12-/m1/s1. The van der Waals surface area contributed by atoms with Gasteiger partial charge in [0.15, 0.2) is 12.4 Å². The molecule has 25 heavy (non-hydrogen) atoms. The average molecular weight is 344 g/mol. The van der Waals surface area contributed by atoms with E-state index in [9.17, 15) is 4.79 Å². The van der Waals surface area contributed by atoms with Crippen LogP contribution in [0.25, 0.3) is 0 Å². The first-order valence-electron chi connectivity index (χ1n) is 7.95. The number of rotatable bonds is 7. The first-order chi connectivity index (χ1) is 11.9. The van der Waals surface area contributed by atoms with Crippen LogP contribution in [0.4, 0.5) is 11.9 Å². The molecular formula is C17H24N6O2. The van der Waals surface area contributed by atoms with Crippen LogP contribution in [-0.2, 0) is 22.7 Å². The number of benzene rings is 1. The number of aromatic nitrogens is 3. The van der Waals surface area contributed by atoms with Gasteiger partial charge in [-0.2, -0.15) is 15.0 Å². The molecule has 1 aromatic heterocycles. The van der Waals surface area contributed by atoms with Crippen molar-refractivity contribution in [3.8, 4) is 0 Å². The number of esters is 1. The predicted molar refractivity (Wildman–Crippen MR) is 95.7 cm³/mol. The molecule has 8 heteroatoms. The highest BCUT2D eigenvalue weighted by Gasteiger charge is 2.20. The fraction of sp³-hybridized carbons (Fsp3) is 0.412. The third kappa shape index (κ3) is 5.39. The molecule has 0 aliphatic heterocycles. The van der Waals surface area contributed by atoms with Crippen LogP contribution < -0.4 is 10.6 Å². The van der Waals surface area contributed by atoms with Gasteiger partial charge in [-0.15, -0.1) is 0 Å². The van der Waals surface area contributed by atoms with Crippen LogP contribution in [0, 0.1) is 0 Å². The van der Waals surface area contributed by atoms with Gasteiger partial charge in [-0.3, -0.25) is 9.69 Å². The molecule has 134 valence electrons. The zero-order chi connectivity index (χ0) is 18.4. The molecule has 2 rings (SSSR count). The molecule has 1 atom stereocenters. The molecule has 0 bridgehead atoms. The molecule has 0 spiro atoms. The first kappa shape index (κ1) is 18.6. The number of likely N-dealkylation sites (N-methyl/N-ethyl adjacent to an activating group) is 1. The molecule has 0 unspecified atom stereocenters. The summed E-state index contributed by atoms with van der Waals surface area (Å²) in [6.45, 7) is 2.41. The van der Waals surface area contributed by atoms with Crippen molar-refractivity contribution < 1.29 is 9.53 Å². The lowest BCUT2D eigenvalue weighted by atomic mass is 10.2. The van der Waals surface area contributed by atoms with E-state index in [1.54, 1.807) is 25.9 Å². The molecule has 2 aromatic rings. The lowest BCUT2D eigenvalue weighted by molar-refractivity contribution is -0.150. The van der Waals surface area contributed by atoms with E-state index in [0.717, 1.165) is 5.56 Å². The van der Waals surface area contributed by atoms with Crippen molar-refractivity contribution in [2.24, 2.45) is 0 Å². The summed E-state index contributed by atoms with van der Waals surface area (Å²) in [5.41, 5.74) is 6.79. The molecule has 0 fully saturated rings. The van der Waals surface area contributed by atoms with Crippen molar-refractivity contribution in [1.82, 2.24) is 19.9 Å². The Kier molecular flexibility index (Phi) is 6.24. The lowest BCUT2D eigenvalue weighted by Crippen LogP contribution is -2.36. The minimum atomic E-state index is -0.396. The molecule has 0 amide bonds. The Morgan fingerprint density at radius 1 is 1.16 bits per heavy atom. The summed E-state index contributed by atoms with van der Waals surface area (Å²) in [5.74, 6) is 0.498. The minimum Gasteiger partial charge on any atom is -0.456 e. The molecule has 2 N–H and O–H groups in total. The van der Waals surface area contributed by atoms with E-state index in [4.69, 9.17) is 10.5 Å². The first-order valence-corrected chi connectivity index (χ1v) is 7.95. The normalized spacial score (nSPS) is 12.0. The van der Waals surface area contributed by atoms with Gasteiger partial charge in [0.25, 0.3) is 0 Å². The number of ether oxygens (including phenoxy) is 1. The van der Waals surface area contributed by atoms with Crippen molar-refractivity contribution in [3.63, 3.8) is 0 Å². The van der Waals surface area contributed by atoms with Gasteiger partial charge in [0.1, 0.15) is 6.04 Å². The van der Waals surface area contributed by atoms with Crippen LogP contribution in [0.1, 0.15) is 18.3 Å². The van der Waals surface area contributed by atoms with Gasteiger partial charge in [-0.05, 0) is 19.5 Å².